The monoisotopic (exact) mass is 229 g/mol. The van der Waals surface area contributed by atoms with Crippen molar-refractivity contribution in [2.24, 2.45) is 5.73 Å². The number of hydrogen-bond donors (Lipinski definition) is 2. The van der Waals surface area contributed by atoms with Crippen LogP contribution < -0.4 is 5.73 Å². The van der Waals surface area contributed by atoms with Crippen molar-refractivity contribution in [3.8, 4) is 0 Å². The highest BCUT2D eigenvalue weighted by Gasteiger charge is 2.12. The maximum atomic E-state index is 12.4. The molecule has 0 radical (unpaired) electrons. The highest BCUT2D eigenvalue weighted by molar-refractivity contribution is 5.66. The third-order valence-corrected chi connectivity index (χ3v) is 2.26. The summed E-state index contributed by atoms with van der Waals surface area (Å²) in [7, 11) is 0. The van der Waals surface area contributed by atoms with Crippen LogP contribution >= 0.6 is 0 Å². The van der Waals surface area contributed by atoms with Gasteiger partial charge in [0.05, 0.1) is 0 Å². The van der Waals surface area contributed by atoms with Crippen molar-refractivity contribution in [2.75, 3.05) is 0 Å². The van der Waals surface area contributed by atoms with Gasteiger partial charge in [0.25, 0.3) is 6.43 Å². The van der Waals surface area contributed by atoms with Gasteiger partial charge in [-0.1, -0.05) is 18.2 Å². The van der Waals surface area contributed by atoms with Gasteiger partial charge in [0.2, 0.25) is 0 Å². The minimum absolute atomic E-state index is 0.0694. The van der Waals surface area contributed by atoms with Gasteiger partial charge in [-0.25, -0.2) is 8.78 Å². The lowest BCUT2D eigenvalue weighted by Gasteiger charge is -2.11. The van der Waals surface area contributed by atoms with Gasteiger partial charge in [-0.05, 0) is 18.1 Å². The van der Waals surface area contributed by atoms with Gasteiger partial charge in [-0.15, -0.1) is 0 Å². The summed E-state index contributed by atoms with van der Waals surface area (Å²) in [6.45, 7) is 0. The van der Waals surface area contributed by atoms with E-state index >= 15 is 0 Å². The first-order chi connectivity index (χ1) is 7.50. The predicted molar refractivity (Wildman–Crippen MR) is 55.2 cm³/mol. The van der Waals surface area contributed by atoms with Gasteiger partial charge >= 0.3 is 5.97 Å². The van der Waals surface area contributed by atoms with E-state index in [1.807, 2.05) is 0 Å². The summed E-state index contributed by atoms with van der Waals surface area (Å²) in [4.78, 5) is 10.3. The molecule has 1 atom stereocenters. The van der Waals surface area contributed by atoms with Crippen molar-refractivity contribution in [2.45, 2.75) is 25.3 Å². The van der Waals surface area contributed by atoms with Gasteiger partial charge in [0.1, 0.15) is 0 Å². The first kappa shape index (κ1) is 12.6. The Labute approximate surface area is 91.9 Å². The van der Waals surface area contributed by atoms with Gasteiger partial charge in [0, 0.05) is 18.0 Å². The second-order valence-corrected chi connectivity index (χ2v) is 3.51. The van der Waals surface area contributed by atoms with E-state index in [1.165, 1.54) is 18.2 Å². The predicted octanol–water partition coefficient (Wildman–Crippen LogP) is 2.49. The molecule has 5 heteroatoms. The SMILES string of the molecule is NC(CCC(=O)O)c1cccc(C(F)F)c1. The number of rotatable bonds is 5. The molecule has 0 spiro atoms. The molecular formula is C11H13F2NO2. The number of halogens is 2. The number of aliphatic carboxylic acids is 1. The Morgan fingerprint density at radius 2 is 2.00 bits per heavy atom. The van der Waals surface area contributed by atoms with E-state index in [0.717, 1.165) is 0 Å². The van der Waals surface area contributed by atoms with Crippen LogP contribution in [0.4, 0.5) is 8.78 Å². The molecule has 88 valence electrons. The molecule has 0 aliphatic heterocycles. The van der Waals surface area contributed by atoms with E-state index in [0.29, 0.717) is 5.56 Å². The molecule has 0 aromatic heterocycles. The Bertz CT molecular complexity index is 369. The molecule has 0 aliphatic rings. The lowest BCUT2D eigenvalue weighted by molar-refractivity contribution is -0.137. The lowest BCUT2D eigenvalue weighted by Crippen LogP contribution is -2.12. The highest BCUT2D eigenvalue weighted by atomic mass is 19.3. The molecule has 1 rings (SSSR count). The van der Waals surface area contributed by atoms with Gasteiger partial charge < -0.3 is 10.8 Å². The molecular weight excluding hydrogens is 216 g/mol. The summed E-state index contributed by atoms with van der Waals surface area (Å²) < 4.78 is 24.8. The first-order valence-electron chi connectivity index (χ1n) is 4.86. The number of nitrogens with two attached hydrogens (primary N) is 1. The standard InChI is InChI=1S/C11H13F2NO2/c12-11(13)8-3-1-2-7(6-8)9(14)4-5-10(15)16/h1-3,6,9,11H,4-5,14H2,(H,15,16). The van der Waals surface area contributed by atoms with Crippen molar-refractivity contribution in [3.63, 3.8) is 0 Å². The molecule has 0 heterocycles. The number of carboxylic acid groups (broad SMARTS) is 1. The molecule has 0 bridgehead atoms. The summed E-state index contributed by atoms with van der Waals surface area (Å²) in [5.74, 6) is -0.944. The van der Waals surface area contributed by atoms with Crippen LogP contribution in [-0.2, 0) is 4.79 Å². The smallest absolute Gasteiger partial charge is 0.303 e. The van der Waals surface area contributed by atoms with Crippen molar-refractivity contribution in [3.05, 3.63) is 35.4 Å². The quantitative estimate of drug-likeness (QED) is 0.815. The first-order valence-corrected chi connectivity index (χ1v) is 4.86. The molecule has 0 fully saturated rings. The van der Waals surface area contributed by atoms with Gasteiger partial charge in [0.15, 0.2) is 0 Å². The lowest BCUT2D eigenvalue weighted by atomic mass is 10.0. The zero-order valence-electron chi connectivity index (χ0n) is 8.57. The Morgan fingerprint density at radius 1 is 1.38 bits per heavy atom. The normalized spacial score (nSPS) is 12.8. The molecule has 1 unspecified atom stereocenters. The molecule has 1 aromatic carbocycles. The van der Waals surface area contributed by atoms with E-state index in [1.54, 1.807) is 6.07 Å². The zero-order valence-corrected chi connectivity index (χ0v) is 8.57. The van der Waals surface area contributed by atoms with E-state index in [4.69, 9.17) is 10.8 Å². The molecule has 0 amide bonds. The number of carbonyl (C=O) groups is 1. The molecule has 1 aromatic rings. The van der Waals surface area contributed by atoms with Crippen molar-refractivity contribution in [1.82, 2.24) is 0 Å². The largest absolute Gasteiger partial charge is 0.481 e. The minimum Gasteiger partial charge on any atom is -0.481 e. The van der Waals surface area contributed by atoms with E-state index in [2.05, 4.69) is 0 Å². The minimum atomic E-state index is -2.54. The number of benzene rings is 1. The molecule has 0 saturated carbocycles. The van der Waals surface area contributed by atoms with Crippen molar-refractivity contribution >= 4 is 5.97 Å². The van der Waals surface area contributed by atoms with Crippen LogP contribution in [0.25, 0.3) is 0 Å². The Balaban J connectivity index is 2.71. The Morgan fingerprint density at radius 3 is 2.56 bits per heavy atom. The van der Waals surface area contributed by atoms with Crippen LogP contribution in [0.3, 0.4) is 0 Å². The molecule has 3 nitrogen and oxygen atoms in total. The van der Waals surface area contributed by atoms with E-state index in [-0.39, 0.29) is 18.4 Å². The van der Waals surface area contributed by atoms with Crippen LogP contribution in [0.15, 0.2) is 24.3 Å². The van der Waals surface area contributed by atoms with Gasteiger partial charge in [-0.3, -0.25) is 4.79 Å². The van der Waals surface area contributed by atoms with E-state index in [9.17, 15) is 13.6 Å². The third-order valence-electron chi connectivity index (χ3n) is 2.26. The van der Waals surface area contributed by atoms with Crippen LogP contribution in [0.1, 0.15) is 36.4 Å². The van der Waals surface area contributed by atoms with Crippen LogP contribution in [0, 0.1) is 0 Å². The Hall–Kier alpha value is -1.49. The van der Waals surface area contributed by atoms with Crippen molar-refractivity contribution in [1.29, 1.82) is 0 Å². The molecule has 0 saturated heterocycles. The second-order valence-electron chi connectivity index (χ2n) is 3.51. The van der Waals surface area contributed by atoms with Crippen LogP contribution in [0.2, 0.25) is 0 Å². The fourth-order valence-electron chi connectivity index (χ4n) is 1.37. The second kappa shape index (κ2) is 5.55. The average molecular weight is 229 g/mol. The highest BCUT2D eigenvalue weighted by Crippen LogP contribution is 2.23. The molecule has 16 heavy (non-hydrogen) atoms. The number of hydrogen-bond acceptors (Lipinski definition) is 2. The van der Waals surface area contributed by atoms with E-state index < -0.39 is 18.4 Å². The van der Waals surface area contributed by atoms with Crippen LogP contribution in [-0.4, -0.2) is 11.1 Å². The third kappa shape index (κ3) is 3.58. The molecule has 0 aliphatic carbocycles. The Kier molecular flexibility index (Phi) is 4.37. The summed E-state index contributed by atoms with van der Waals surface area (Å²) in [6.07, 6.45) is -2.37. The summed E-state index contributed by atoms with van der Waals surface area (Å²) in [6, 6.07) is 5.24. The summed E-state index contributed by atoms with van der Waals surface area (Å²) in [5, 5.41) is 8.48. The number of alkyl halides is 2. The fraction of sp³-hybridized carbons (Fsp3) is 0.364. The topological polar surface area (TPSA) is 63.3 Å². The van der Waals surface area contributed by atoms with Gasteiger partial charge in [-0.2, -0.15) is 0 Å². The summed E-state index contributed by atoms with van der Waals surface area (Å²) in [5.41, 5.74) is 6.15. The fourth-order valence-corrected chi connectivity index (χ4v) is 1.37. The van der Waals surface area contributed by atoms with Crippen LogP contribution in [0.5, 0.6) is 0 Å². The van der Waals surface area contributed by atoms with Crippen molar-refractivity contribution < 1.29 is 18.7 Å². The summed E-state index contributed by atoms with van der Waals surface area (Å²) >= 11 is 0. The zero-order chi connectivity index (χ0) is 12.1. The molecule has 3 N–H and O–H groups in total. The number of carboxylic acids is 1. The maximum absolute atomic E-state index is 12.4. The average Bonchev–Trinajstić information content (AvgIpc) is 2.26. The maximum Gasteiger partial charge on any atom is 0.303 e.